The normalized spacial score (nSPS) is 12.8. The van der Waals surface area contributed by atoms with Crippen molar-refractivity contribution in [1.29, 1.82) is 5.26 Å². The molecule has 1 aromatic carbocycles. The molecule has 0 saturated heterocycles. The van der Waals surface area contributed by atoms with Crippen molar-refractivity contribution in [2.24, 2.45) is 0 Å². The molecule has 0 aliphatic carbocycles. The van der Waals surface area contributed by atoms with Crippen LogP contribution in [0.1, 0.15) is 28.0 Å². The fourth-order valence-corrected chi connectivity index (χ4v) is 4.43. The zero-order valence-electron chi connectivity index (χ0n) is 15.5. The van der Waals surface area contributed by atoms with Crippen molar-refractivity contribution < 1.29 is 19.4 Å². The molecule has 0 radical (unpaired) electrons. The predicted molar refractivity (Wildman–Crippen MR) is 105 cm³/mol. The molecule has 146 valence electrons. The number of rotatable bonds is 6. The Morgan fingerprint density at radius 3 is 2.96 bits per heavy atom. The number of benzene rings is 1. The van der Waals surface area contributed by atoms with Crippen LogP contribution in [0.25, 0.3) is 0 Å². The number of anilines is 1. The molecule has 7 nitrogen and oxygen atoms in total. The molecule has 0 spiro atoms. The molecule has 8 heteroatoms. The van der Waals surface area contributed by atoms with E-state index in [1.807, 2.05) is 24.3 Å². The van der Waals surface area contributed by atoms with Crippen molar-refractivity contribution in [3.63, 3.8) is 0 Å². The van der Waals surface area contributed by atoms with Crippen LogP contribution in [0.3, 0.4) is 0 Å². The van der Waals surface area contributed by atoms with E-state index in [9.17, 15) is 14.9 Å². The highest BCUT2D eigenvalue weighted by atomic mass is 32.1. The molecule has 3 rings (SSSR count). The third-order valence-electron chi connectivity index (χ3n) is 4.68. The number of amides is 2. The van der Waals surface area contributed by atoms with Crippen LogP contribution in [0, 0.1) is 11.3 Å². The number of aliphatic hydroxyl groups excluding tert-OH is 1. The summed E-state index contributed by atoms with van der Waals surface area (Å²) in [5.74, 6) is 0.250. The topological polar surface area (TPSA) is 103 Å². The van der Waals surface area contributed by atoms with Crippen LogP contribution < -0.4 is 10.1 Å². The maximum atomic E-state index is 12.4. The fourth-order valence-electron chi connectivity index (χ4n) is 3.20. The number of methoxy groups -OCH3 is 1. The second kappa shape index (κ2) is 8.87. The molecule has 2 aromatic rings. The number of ether oxygens (including phenoxy) is 1. The number of aryl methyl sites for hydroxylation is 1. The van der Waals surface area contributed by atoms with Crippen molar-refractivity contribution in [2.75, 3.05) is 25.6 Å². The highest BCUT2D eigenvalue weighted by Crippen LogP contribution is 2.36. The lowest BCUT2D eigenvalue weighted by molar-refractivity contribution is -0.135. The van der Waals surface area contributed by atoms with Crippen molar-refractivity contribution in [1.82, 2.24) is 4.90 Å². The number of carbonyl (C=O) groups excluding carboxylic acids is 2. The van der Waals surface area contributed by atoms with Crippen LogP contribution in [0.4, 0.5) is 5.00 Å². The minimum atomic E-state index is -0.528. The Hall–Kier alpha value is -2.89. The lowest BCUT2D eigenvalue weighted by Gasteiger charge is -2.26. The summed E-state index contributed by atoms with van der Waals surface area (Å²) in [6, 6.07) is 9.75. The SMILES string of the molecule is COc1cccc(CCC(=O)Nc2sc3c(c2C#N)CCN(C(=O)CO)C3)c1. The van der Waals surface area contributed by atoms with Crippen molar-refractivity contribution in [3.8, 4) is 11.8 Å². The summed E-state index contributed by atoms with van der Waals surface area (Å²) >= 11 is 1.32. The van der Waals surface area contributed by atoms with Crippen LogP contribution >= 0.6 is 11.3 Å². The van der Waals surface area contributed by atoms with Crippen molar-refractivity contribution in [2.45, 2.75) is 25.8 Å². The Morgan fingerprint density at radius 1 is 1.43 bits per heavy atom. The number of hydrogen-bond donors (Lipinski definition) is 2. The average Bonchev–Trinajstić information content (AvgIpc) is 3.07. The quantitative estimate of drug-likeness (QED) is 0.774. The molecule has 1 aliphatic heterocycles. The van der Waals surface area contributed by atoms with Gasteiger partial charge in [0.05, 0.1) is 19.2 Å². The summed E-state index contributed by atoms with van der Waals surface area (Å²) in [6.07, 6.45) is 1.39. The van der Waals surface area contributed by atoms with Crippen LogP contribution in [-0.4, -0.2) is 42.1 Å². The van der Waals surface area contributed by atoms with E-state index in [1.165, 1.54) is 11.3 Å². The van der Waals surface area contributed by atoms with Gasteiger partial charge in [-0.15, -0.1) is 11.3 Å². The number of nitrogens with one attached hydrogen (secondary N) is 1. The second-order valence-electron chi connectivity index (χ2n) is 6.44. The second-order valence-corrected chi connectivity index (χ2v) is 7.55. The monoisotopic (exact) mass is 399 g/mol. The number of carbonyl (C=O) groups is 2. The van der Waals surface area contributed by atoms with Gasteiger partial charge in [0.2, 0.25) is 11.8 Å². The Labute approximate surface area is 167 Å². The highest BCUT2D eigenvalue weighted by Gasteiger charge is 2.27. The summed E-state index contributed by atoms with van der Waals surface area (Å²) in [7, 11) is 1.60. The predicted octanol–water partition coefficient (Wildman–Crippen LogP) is 2.08. The molecule has 0 atom stereocenters. The minimum absolute atomic E-state index is 0.166. The summed E-state index contributed by atoms with van der Waals surface area (Å²) in [6.45, 7) is 0.286. The first-order valence-electron chi connectivity index (χ1n) is 8.91. The Kier molecular flexibility index (Phi) is 6.29. The van der Waals surface area contributed by atoms with Crippen molar-refractivity contribution >= 4 is 28.2 Å². The molecule has 0 saturated carbocycles. The van der Waals surface area contributed by atoms with Crippen LogP contribution in [0.5, 0.6) is 5.75 Å². The minimum Gasteiger partial charge on any atom is -0.497 e. The van der Waals surface area contributed by atoms with E-state index >= 15 is 0 Å². The molecule has 0 fully saturated rings. The van der Waals surface area contributed by atoms with Gasteiger partial charge in [-0.05, 0) is 36.1 Å². The molecule has 2 heterocycles. The van der Waals surface area contributed by atoms with E-state index in [2.05, 4.69) is 11.4 Å². The van der Waals surface area contributed by atoms with Gasteiger partial charge in [0.25, 0.3) is 0 Å². The standard InChI is InChI=1S/C20H21N3O4S/c1-27-14-4-2-3-13(9-14)5-6-18(25)22-20-16(10-21)15-7-8-23(19(26)12-24)11-17(15)28-20/h2-4,9,24H,5-8,11-12H2,1H3,(H,22,25). The summed E-state index contributed by atoms with van der Waals surface area (Å²) in [4.78, 5) is 26.6. The van der Waals surface area contributed by atoms with Gasteiger partial charge in [-0.25, -0.2) is 0 Å². The summed E-state index contributed by atoms with van der Waals surface area (Å²) in [5.41, 5.74) is 2.36. The molecular weight excluding hydrogens is 378 g/mol. The number of nitrogens with zero attached hydrogens (tertiary/aromatic N) is 2. The van der Waals surface area contributed by atoms with Gasteiger partial charge in [-0.2, -0.15) is 5.26 Å². The van der Waals surface area contributed by atoms with Gasteiger partial charge in [-0.3, -0.25) is 9.59 Å². The van der Waals surface area contributed by atoms with Crippen LogP contribution in [-0.2, 0) is 29.0 Å². The number of hydrogen-bond acceptors (Lipinski definition) is 6. The third kappa shape index (κ3) is 4.32. The zero-order chi connectivity index (χ0) is 20.1. The van der Waals surface area contributed by atoms with E-state index < -0.39 is 6.61 Å². The van der Waals surface area contributed by atoms with Gasteiger partial charge in [0, 0.05) is 17.8 Å². The van der Waals surface area contributed by atoms with Crippen molar-refractivity contribution in [3.05, 3.63) is 45.8 Å². The van der Waals surface area contributed by atoms with Gasteiger partial charge in [0.15, 0.2) is 0 Å². The van der Waals surface area contributed by atoms with E-state index in [4.69, 9.17) is 9.84 Å². The van der Waals surface area contributed by atoms with E-state index in [1.54, 1.807) is 12.0 Å². The van der Waals surface area contributed by atoms with Crippen LogP contribution in [0.2, 0.25) is 0 Å². The molecule has 2 amide bonds. The maximum Gasteiger partial charge on any atom is 0.248 e. The first-order valence-corrected chi connectivity index (χ1v) is 9.73. The number of nitriles is 1. The lowest BCUT2D eigenvalue weighted by atomic mass is 10.0. The summed E-state index contributed by atoms with van der Waals surface area (Å²) < 4.78 is 5.19. The Bertz CT molecular complexity index is 932. The fraction of sp³-hybridized carbons (Fsp3) is 0.350. The largest absolute Gasteiger partial charge is 0.497 e. The van der Waals surface area contributed by atoms with E-state index in [0.717, 1.165) is 21.8 Å². The molecular formula is C20H21N3O4S. The molecule has 0 unspecified atom stereocenters. The van der Waals surface area contributed by atoms with Gasteiger partial charge in [0.1, 0.15) is 23.4 Å². The molecule has 2 N–H and O–H groups in total. The maximum absolute atomic E-state index is 12.4. The number of aliphatic hydroxyl groups is 1. The van der Waals surface area contributed by atoms with Gasteiger partial charge < -0.3 is 20.1 Å². The zero-order valence-corrected chi connectivity index (χ0v) is 16.3. The molecule has 1 aromatic heterocycles. The van der Waals surface area contributed by atoms with Crippen LogP contribution in [0.15, 0.2) is 24.3 Å². The van der Waals surface area contributed by atoms with E-state index in [-0.39, 0.29) is 18.2 Å². The Balaban J connectivity index is 1.67. The Morgan fingerprint density at radius 2 is 2.25 bits per heavy atom. The lowest BCUT2D eigenvalue weighted by Crippen LogP contribution is -2.37. The van der Waals surface area contributed by atoms with E-state index in [0.29, 0.717) is 36.5 Å². The van der Waals surface area contributed by atoms with Gasteiger partial charge in [-0.1, -0.05) is 12.1 Å². The number of fused-ring (bicyclic) bond motifs is 1. The first-order chi connectivity index (χ1) is 13.5. The summed E-state index contributed by atoms with van der Waals surface area (Å²) in [5, 5.41) is 22.0. The average molecular weight is 399 g/mol. The van der Waals surface area contributed by atoms with Gasteiger partial charge >= 0.3 is 0 Å². The third-order valence-corrected chi connectivity index (χ3v) is 5.82. The molecule has 1 aliphatic rings. The highest BCUT2D eigenvalue weighted by molar-refractivity contribution is 7.16. The smallest absolute Gasteiger partial charge is 0.248 e. The first kappa shape index (κ1) is 19.9. The molecule has 0 bridgehead atoms. The molecule has 28 heavy (non-hydrogen) atoms. The number of thiophene rings is 1.